The lowest BCUT2D eigenvalue weighted by Gasteiger charge is -2.31. The van der Waals surface area contributed by atoms with Gasteiger partial charge in [-0.3, -0.25) is 4.79 Å². The highest BCUT2D eigenvalue weighted by Gasteiger charge is 2.34. The highest BCUT2D eigenvalue weighted by atomic mass is 16.6. The molecule has 1 atom stereocenters. The van der Waals surface area contributed by atoms with Crippen molar-refractivity contribution in [2.24, 2.45) is 11.8 Å². The maximum atomic E-state index is 13.0. The summed E-state index contributed by atoms with van der Waals surface area (Å²) in [6.45, 7) is 2.38. The van der Waals surface area contributed by atoms with Crippen molar-refractivity contribution < 1.29 is 19.4 Å². The number of anilines is 1. The smallest absolute Gasteiger partial charge is 0.408 e. The highest BCUT2D eigenvalue weighted by Crippen LogP contribution is 2.32. The number of aliphatic hydroxyl groups is 1. The van der Waals surface area contributed by atoms with Gasteiger partial charge in [0.05, 0.1) is 6.61 Å². The molecule has 0 saturated heterocycles. The fraction of sp³-hybridized carbons (Fsp3) is 0.435. The first-order valence-corrected chi connectivity index (χ1v) is 10.4. The maximum absolute atomic E-state index is 13.0. The molecule has 7 heteroatoms. The molecular weight excluding hydrogens is 382 g/mol. The molecule has 30 heavy (non-hydrogen) atoms. The van der Waals surface area contributed by atoms with Crippen LogP contribution in [0.25, 0.3) is 0 Å². The predicted molar refractivity (Wildman–Crippen MR) is 113 cm³/mol. The molecule has 1 fully saturated rings. The molecule has 0 radical (unpaired) electrons. The second-order valence-corrected chi connectivity index (χ2v) is 7.88. The van der Waals surface area contributed by atoms with Gasteiger partial charge in [0.1, 0.15) is 5.82 Å². The zero-order valence-electron chi connectivity index (χ0n) is 17.2. The topological polar surface area (TPSA) is 101 Å². The lowest BCUT2D eigenvalue weighted by atomic mass is 9.80. The molecule has 1 aliphatic rings. The molecule has 2 amide bonds. The second kappa shape index (κ2) is 10.7. The Balaban J connectivity index is 1.66. The molecule has 0 bridgehead atoms. The van der Waals surface area contributed by atoms with Crippen LogP contribution in [-0.2, 0) is 22.7 Å². The van der Waals surface area contributed by atoms with Gasteiger partial charge in [-0.2, -0.15) is 0 Å². The van der Waals surface area contributed by atoms with E-state index in [0.29, 0.717) is 23.8 Å². The Morgan fingerprint density at radius 3 is 2.57 bits per heavy atom. The molecule has 2 aromatic rings. The molecule has 3 rings (SSSR count). The van der Waals surface area contributed by atoms with Crippen molar-refractivity contribution >= 4 is 17.8 Å². The van der Waals surface area contributed by atoms with Crippen LogP contribution in [0.1, 0.15) is 43.7 Å². The fourth-order valence-corrected chi connectivity index (χ4v) is 3.72. The van der Waals surface area contributed by atoms with Crippen molar-refractivity contribution in [1.29, 1.82) is 0 Å². The zero-order valence-corrected chi connectivity index (χ0v) is 17.2. The Morgan fingerprint density at radius 2 is 1.87 bits per heavy atom. The number of alkyl carbamates (subject to hydrolysis) is 1. The molecule has 7 nitrogen and oxygen atoms in total. The number of nitrogens with one attached hydrogen (secondary N) is 2. The van der Waals surface area contributed by atoms with Crippen molar-refractivity contribution in [3.05, 3.63) is 59.8 Å². The second-order valence-electron chi connectivity index (χ2n) is 7.88. The van der Waals surface area contributed by atoms with E-state index in [-0.39, 0.29) is 12.5 Å². The first-order valence-electron chi connectivity index (χ1n) is 10.4. The van der Waals surface area contributed by atoms with Crippen LogP contribution in [0, 0.1) is 11.8 Å². The van der Waals surface area contributed by atoms with Gasteiger partial charge in [-0.05, 0) is 42.0 Å². The Bertz CT molecular complexity index is 835. The number of amides is 2. The number of ether oxygens (including phenoxy) is 1. The predicted octanol–water partition coefficient (Wildman–Crippen LogP) is 3.63. The largest absolute Gasteiger partial charge is 0.436 e. The van der Waals surface area contributed by atoms with Gasteiger partial charge in [0.15, 0.2) is 6.10 Å². The third-order valence-corrected chi connectivity index (χ3v) is 5.52. The number of nitrogens with zero attached hydrogens (tertiary/aromatic N) is 1. The summed E-state index contributed by atoms with van der Waals surface area (Å²) >= 11 is 0. The van der Waals surface area contributed by atoms with Crippen LogP contribution in [0.3, 0.4) is 0 Å². The molecule has 1 unspecified atom stereocenters. The Morgan fingerprint density at radius 1 is 1.13 bits per heavy atom. The number of carbonyl (C=O) groups is 2. The summed E-state index contributed by atoms with van der Waals surface area (Å²) < 4.78 is 5.60. The van der Waals surface area contributed by atoms with Gasteiger partial charge in [-0.1, -0.05) is 50.1 Å². The van der Waals surface area contributed by atoms with Crippen LogP contribution in [0.2, 0.25) is 0 Å². The molecule has 160 valence electrons. The third kappa shape index (κ3) is 6.29. The van der Waals surface area contributed by atoms with Gasteiger partial charge < -0.3 is 20.5 Å². The summed E-state index contributed by atoms with van der Waals surface area (Å²) in [5.74, 6) is 0.505. The van der Waals surface area contributed by atoms with E-state index in [4.69, 9.17) is 4.74 Å². The van der Waals surface area contributed by atoms with Crippen LogP contribution in [0.4, 0.5) is 10.6 Å². The summed E-state index contributed by atoms with van der Waals surface area (Å²) in [7, 11) is 0. The van der Waals surface area contributed by atoms with Gasteiger partial charge >= 0.3 is 6.09 Å². The molecule has 1 aromatic carbocycles. The maximum Gasteiger partial charge on any atom is 0.408 e. The minimum absolute atomic E-state index is 0.0373. The highest BCUT2D eigenvalue weighted by molar-refractivity contribution is 5.94. The van der Waals surface area contributed by atoms with E-state index in [9.17, 15) is 14.7 Å². The number of pyridine rings is 1. The van der Waals surface area contributed by atoms with E-state index in [2.05, 4.69) is 22.5 Å². The monoisotopic (exact) mass is 411 g/mol. The molecule has 3 N–H and O–H groups in total. The molecule has 0 spiro atoms. The van der Waals surface area contributed by atoms with Crippen molar-refractivity contribution in [3.8, 4) is 0 Å². The number of benzene rings is 1. The van der Waals surface area contributed by atoms with Crippen LogP contribution >= 0.6 is 0 Å². The molecular formula is C23H29N3O4. The van der Waals surface area contributed by atoms with E-state index in [0.717, 1.165) is 31.2 Å². The first kappa shape index (κ1) is 21.8. The van der Waals surface area contributed by atoms with E-state index in [1.807, 2.05) is 30.3 Å². The quantitative estimate of drug-likeness (QED) is 0.646. The van der Waals surface area contributed by atoms with E-state index in [1.165, 1.54) is 6.20 Å². The molecule has 1 heterocycles. The van der Waals surface area contributed by atoms with Crippen molar-refractivity contribution in [2.45, 2.75) is 51.9 Å². The molecule has 1 aliphatic carbocycles. The van der Waals surface area contributed by atoms with E-state index < -0.39 is 18.1 Å². The van der Waals surface area contributed by atoms with Crippen molar-refractivity contribution in [2.75, 3.05) is 5.32 Å². The third-order valence-electron chi connectivity index (χ3n) is 5.52. The average molecular weight is 412 g/mol. The molecule has 1 saturated carbocycles. The minimum atomic E-state index is -0.896. The summed E-state index contributed by atoms with van der Waals surface area (Å²) in [6.07, 6.45) is 3.67. The summed E-state index contributed by atoms with van der Waals surface area (Å²) in [5.41, 5.74) is 1.59. The minimum Gasteiger partial charge on any atom is -0.436 e. The fourth-order valence-electron chi connectivity index (χ4n) is 3.72. The zero-order chi connectivity index (χ0) is 21.3. The number of rotatable bonds is 7. The van der Waals surface area contributed by atoms with Crippen molar-refractivity contribution in [3.63, 3.8) is 0 Å². The van der Waals surface area contributed by atoms with Crippen LogP contribution in [0.15, 0.2) is 48.7 Å². The SMILES string of the molecule is CC1CCC(C(OC(=O)NCc2ccccc2)C(=O)Nc2cc(CO)ccn2)CC1. The van der Waals surface area contributed by atoms with Gasteiger partial charge in [-0.25, -0.2) is 9.78 Å². The van der Waals surface area contributed by atoms with Gasteiger partial charge in [0.25, 0.3) is 5.91 Å². The normalized spacial score (nSPS) is 19.5. The number of hydrogen-bond acceptors (Lipinski definition) is 5. The molecule has 1 aromatic heterocycles. The number of aliphatic hydroxyl groups excluding tert-OH is 1. The Labute approximate surface area is 176 Å². The first-order chi connectivity index (χ1) is 14.5. The Hall–Kier alpha value is -2.93. The number of aromatic nitrogens is 1. The van der Waals surface area contributed by atoms with Gasteiger partial charge in [-0.15, -0.1) is 0 Å². The standard InChI is InChI=1S/C23H29N3O4/c1-16-7-9-19(10-8-16)21(22(28)26-20-13-18(15-27)11-12-24-20)30-23(29)25-14-17-5-3-2-4-6-17/h2-6,11-13,16,19,21,27H,7-10,14-15H2,1H3,(H,25,29)(H,24,26,28). The van der Waals surface area contributed by atoms with Crippen molar-refractivity contribution in [1.82, 2.24) is 10.3 Å². The van der Waals surface area contributed by atoms with E-state index in [1.54, 1.807) is 12.1 Å². The summed E-state index contributed by atoms with van der Waals surface area (Å²) in [5, 5.41) is 14.8. The number of carbonyl (C=O) groups excluding carboxylic acids is 2. The summed E-state index contributed by atoms with van der Waals surface area (Å²) in [4.78, 5) is 29.5. The van der Waals surface area contributed by atoms with Crippen LogP contribution in [-0.4, -0.2) is 28.2 Å². The van der Waals surface area contributed by atoms with Crippen LogP contribution in [0.5, 0.6) is 0 Å². The van der Waals surface area contributed by atoms with Crippen LogP contribution < -0.4 is 10.6 Å². The van der Waals surface area contributed by atoms with E-state index >= 15 is 0 Å². The Kier molecular flexibility index (Phi) is 7.79. The van der Waals surface area contributed by atoms with Gasteiger partial charge in [0, 0.05) is 18.7 Å². The number of hydrogen-bond donors (Lipinski definition) is 3. The molecule has 0 aliphatic heterocycles. The van der Waals surface area contributed by atoms with Gasteiger partial charge in [0.2, 0.25) is 0 Å². The average Bonchev–Trinajstić information content (AvgIpc) is 2.77. The lowest BCUT2D eigenvalue weighted by Crippen LogP contribution is -2.42. The lowest BCUT2D eigenvalue weighted by molar-refractivity contribution is -0.127. The summed E-state index contributed by atoms with van der Waals surface area (Å²) in [6, 6.07) is 12.8.